The molecule has 0 aromatic heterocycles. The summed E-state index contributed by atoms with van der Waals surface area (Å²) >= 11 is 3.27. The molecule has 0 bridgehead atoms. The molecule has 1 saturated carbocycles. The van der Waals surface area contributed by atoms with Crippen LogP contribution < -0.4 is 0 Å². The normalized spacial score (nSPS) is 17.5. The molecule has 0 radical (unpaired) electrons. The molecule has 0 unspecified atom stereocenters. The summed E-state index contributed by atoms with van der Waals surface area (Å²) in [5.41, 5.74) is 0. The van der Waals surface area contributed by atoms with Crippen molar-refractivity contribution in [1.29, 1.82) is 0 Å². The van der Waals surface area contributed by atoms with Crippen LogP contribution in [0.15, 0.2) is 0 Å². The second kappa shape index (κ2) is 4.75. The van der Waals surface area contributed by atoms with E-state index in [2.05, 4.69) is 15.9 Å². The minimum absolute atomic E-state index is 0.0332. The van der Waals surface area contributed by atoms with Crippen LogP contribution >= 0.6 is 15.9 Å². The molecule has 64 valence electrons. The molecule has 0 spiro atoms. The van der Waals surface area contributed by atoms with Crippen molar-refractivity contribution in [1.82, 2.24) is 0 Å². The number of rotatable bonds is 4. The average Bonchev–Trinajstić information content (AvgIpc) is 1.93. The van der Waals surface area contributed by atoms with Crippen LogP contribution in [0.25, 0.3) is 0 Å². The van der Waals surface area contributed by atoms with Crippen molar-refractivity contribution >= 4 is 21.9 Å². The number of esters is 1. The Balaban J connectivity index is 2.00. The molecule has 0 aliphatic heterocycles. The van der Waals surface area contributed by atoms with E-state index < -0.39 is 0 Å². The van der Waals surface area contributed by atoms with E-state index in [1.54, 1.807) is 0 Å². The Labute approximate surface area is 75.4 Å². The largest absolute Gasteiger partial charge is 0.462 e. The first-order valence-corrected chi connectivity index (χ1v) is 5.20. The fraction of sp³-hybridized carbons (Fsp3) is 0.875. The lowest BCUT2D eigenvalue weighted by Gasteiger charge is -2.24. The van der Waals surface area contributed by atoms with E-state index in [0.29, 0.717) is 6.42 Å². The number of carbonyl (C=O) groups excluding carboxylic acids is 1. The van der Waals surface area contributed by atoms with E-state index in [1.807, 2.05) is 0 Å². The molecular weight excluding hydrogens is 208 g/mol. The summed E-state index contributed by atoms with van der Waals surface area (Å²) in [7, 11) is 0. The smallest absolute Gasteiger partial charge is 0.306 e. The molecule has 1 aliphatic carbocycles. The van der Waals surface area contributed by atoms with Gasteiger partial charge >= 0.3 is 5.97 Å². The summed E-state index contributed by atoms with van der Waals surface area (Å²) in [6, 6.07) is 0. The van der Waals surface area contributed by atoms with Gasteiger partial charge in [0.05, 0.1) is 0 Å². The van der Waals surface area contributed by atoms with E-state index in [1.165, 1.54) is 6.42 Å². The number of halogens is 1. The highest BCUT2D eigenvalue weighted by molar-refractivity contribution is 9.09. The predicted octanol–water partition coefficient (Wildman–Crippen LogP) is 2.26. The van der Waals surface area contributed by atoms with Crippen LogP contribution in [0.2, 0.25) is 0 Å². The van der Waals surface area contributed by atoms with E-state index in [9.17, 15) is 4.79 Å². The van der Waals surface area contributed by atoms with E-state index in [4.69, 9.17) is 4.74 Å². The summed E-state index contributed by atoms with van der Waals surface area (Å²) in [4.78, 5) is 11.0. The quantitative estimate of drug-likeness (QED) is 0.537. The molecule has 0 aromatic carbocycles. The molecule has 3 heteroatoms. The van der Waals surface area contributed by atoms with Crippen LogP contribution in [-0.2, 0) is 9.53 Å². The van der Waals surface area contributed by atoms with E-state index in [-0.39, 0.29) is 12.1 Å². The maximum atomic E-state index is 11.0. The monoisotopic (exact) mass is 220 g/mol. The van der Waals surface area contributed by atoms with Gasteiger partial charge in [-0.2, -0.15) is 0 Å². The van der Waals surface area contributed by atoms with Crippen molar-refractivity contribution in [3.63, 3.8) is 0 Å². The fourth-order valence-corrected chi connectivity index (χ4v) is 1.22. The second-order valence-electron chi connectivity index (χ2n) is 2.84. The van der Waals surface area contributed by atoms with Gasteiger partial charge in [-0.3, -0.25) is 4.79 Å². The second-order valence-corrected chi connectivity index (χ2v) is 3.63. The van der Waals surface area contributed by atoms with Gasteiger partial charge in [-0.1, -0.05) is 15.9 Å². The van der Waals surface area contributed by atoms with Crippen molar-refractivity contribution in [3.8, 4) is 0 Å². The Morgan fingerprint density at radius 3 is 2.73 bits per heavy atom. The SMILES string of the molecule is O=C(CCCBr)OC1CCC1. The average molecular weight is 221 g/mol. The first-order chi connectivity index (χ1) is 5.33. The minimum Gasteiger partial charge on any atom is -0.462 e. The molecule has 0 aromatic rings. The van der Waals surface area contributed by atoms with Crippen LogP contribution in [0.1, 0.15) is 32.1 Å². The molecule has 0 atom stereocenters. The molecule has 0 amide bonds. The number of alkyl halides is 1. The Morgan fingerprint density at radius 1 is 1.55 bits per heavy atom. The summed E-state index contributed by atoms with van der Waals surface area (Å²) in [6.45, 7) is 0. The number of hydrogen-bond donors (Lipinski definition) is 0. The van der Waals surface area contributed by atoms with Crippen molar-refractivity contribution in [2.24, 2.45) is 0 Å². The highest BCUT2D eigenvalue weighted by Gasteiger charge is 2.20. The minimum atomic E-state index is -0.0332. The summed E-state index contributed by atoms with van der Waals surface area (Å²) < 4.78 is 5.13. The van der Waals surface area contributed by atoms with Gasteiger partial charge in [0.2, 0.25) is 0 Å². The summed E-state index contributed by atoms with van der Waals surface area (Å²) in [5, 5.41) is 0.882. The van der Waals surface area contributed by atoms with Gasteiger partial charge < -0.3 is 4.74 Å². The third kappa shape index (κ3) is 3.23. The van der Waals surface area contributed by atoms with Crippen LogP contribution in [0.4, 0.5) is 0 Å². The Hall–Kier alpha value is -0.0500. The van der Waals surface area contributed by atoms with Crippen LogP contribution in [0, 0.1) is 0 Å². The lowest BCUT2D eigenvalue weighted by Crippen LogP contribution is -2.24. The van der Waals surface area contributed by atoms with Gasteiger partial charge in [0, 0.05) is 11.8 Å². The first-order valence-electron chi connectivity index (χ1n) is 4.08. The molecule has 2 nitrogen and oxygen atoms in total. The molecule has 1 fully saturated rings. The summed E-state index contributed by atoms with van der Waals surface area (Å²) in [6.07, 6.45) is 5.04. The first kappa shape index (κ1) is 9.04. The van der Waals surface area contributed by atoms with E-state index in [0.717, 1.165) is 24.6 Å². The number of hydrogen-bond acceptors (Lipinski definition) is 2. The molecule has 0 heterocycles. The van der Waals surface area contributed by atoms with Gasteiger partial charge in [-0.25, -0.2) is 0 Å². The summed E-state index contributed by atoms with van der Waals surface area (Å²) in [5.74, 6) is -0.0332. The van der Waals surface area contributed by atoms with Crippen molar-refractivity contribution < 1.29 is 9.53 Å². The standard InChI is InChI=1S/C8H13BrO2/c9-6-2-5-8(10)11-7-3-1-4-7/h7H,1-6H2. The third-order valence-electron chi connectivity index (χ3n) is 1.86. The fourth-order valence-electron chi connectivity index (χ4n) is 0.945. The zero-order valence-electron chi connectivity index (χ0n) is 6.51. The van der Waals surface area contributed by atoms with Crippen LogP contribution in [-0.4, -0.2) is 17.4 Å². The van der Waals surface area contributed by atoms with Crippen molar-refractivity contribution in [2.75, 3.05) is 5.33 Å². The lowest BCUT2D eigenvalue weighted by atomic mass is 9.96. The maximum Gasteiger partial charge on any atom is 0.306 e. The Bertz CT molecular complexity index is 132. The van der Waals surface area contributed by atoms with Crippen molar-refractivity contribution in [3.05, 3.63) is 0 Å². The zero-order chi connectivity index (χ0) is 8.10. The number of ether oxygens (including phenoxy) is 1. The Morgan fingerprint density at radius 2 is 2.27 bits per heavy atom. The highest BCUT2D eigenvalue weighted by atomic mass is 79.9. The molecule has 1 rings (SSSR count). The molecule has 11 heavy (non-hydrogen) atoms. The molecule has 0 N–H and O–H groups in total. The maximum absolute atomic E-state index is 11.0. The zero-order valence-corrected chi connectivity index (χ0v) is 8.10. The van der Waals surface area contributed by atoms with Gasteiger partial charge in [-0.05, 0) is 25.7 Å². The van der Waals surface area contributed by atoms with Gasteiger partial charge in [0.15, 0.2) is 0 Å². The van der Waals surface area contributed by atoms with Gasteiger partial charge in [-0.15, -0.1) is 0 Å². The van der Waals surface area contributed by atoms with Crippen LogP contribution in [0.3, 0.4) is 0 Å². The highest BCUT2D eigenvalue weighted by Crippen LogP contribution is 2.22. The molecular formula is C8H13BrO2. The third-order valence-corrected chi connectivity index (χ3v) is 2.43. The van der Waals surface area contributed by atoms with Crippen LogP contribution in [0.5, 0.6) is 0 Å². The molecule has 1 aliphatic rings. The Kier molecular flexibility index (Phi) is 3.91. The van der Waals surface area contributed by atoms with E-state index >= 15 is 0 Å². The van der Waals surface area contributed by atoms with Gasteiger partial charge in [0.1, 0.15) is 6.10 Å². The van der Waals surface area contributed by atoms with Crippen molar-refractivity contribution in [2.45, 2.75) is 38.2 Å². The molecule has 0 saturated heterocycles. The predicted molar refractivity (Wildman–Crippen MR) is 46.8 cm³/mol. The topological polar surface area (TPSA) is 26.3 Å². The number of carbonyl (C=O) groups is 1. The lowest BCUT2D eigenvalue weighted by molar-refractivity contribution is -0.152. The van der Waals surface area contributed by atoms with Gasteiger partial charge in [0.25, 0.3) is 0 Å².